The van der Waals surface area contributed by atoms with Crippen LogP contribution in [0.25, 0.3) is 22.3 Å². The Labute approximate surface area is 215 Å². The van der Waals surface area contributed by atoms with Crippen LogP contribution in [0, 0.1) is 0 Å². The summed E-state index contributed by atoms with van der Waals surface area (Å²) in [6.45, 7) is 1.76. The summed E-state index contributed by atoms with van der Waals surface area (Å²) in [7, 11) is 0. The number of carbonyl (C=O) groups is 1. The monoisotopic (exact) mass is 530 g/mol. The first kappa shape index (κ1) is 24.3. The summed E-state index contributed by atoms with van der Waals surface area (Å²) >= 11 is 12.6. The zero-order valence-electron chi connectivity index (χ0n) is 18.8. The predicted molar refractivity (Wildman–Crippen MR) is 135 cm³/mol. The summed E-state index contributed by atoms with van der Waals surface area (Å²) in [5.41, 5.74) is 0.803. The van der Waals surface area contributed by atoms with Crippen LogP contribution < -0.4 is 4.90 Å². The van der Waals surface area contributed by atoms with Crippen LogP contribution in [0.4, 0.5) is 19.0 Å². The number of halogens is 5. The second-order valence-corrected chi connectivity index (χ2v) is 9.21. The number of hydrogen-bond acceptors (Lipinski definition) is 4. The normalized spacial score (nSPS) is 14.4. The van der Waals surface area contributed by atoms with Gasteiger partial charge in [0.1, 0.15) is 5.82 Å². The molecule has 0 radical (unpaired) electrons. The first-order valence-electron chi connectivity index (χ1n) is 11.1. The van der Waals surface area contributed by atoms with E-state index in [0.717, 1.165) is 17.5 Å². The van der Waals surface area contributed by atoms with Crippen molar-refractivity contribution in [3.05, 3.63) is 87.9 Å². The average molecular weight is 531 g/mol. The number of amides is 1. The molecule has 0 bridgehead atoms. The smallest absolute Gasteiger partial charge is 0.352 e. The van der Waals surface area contributed by atoms with Crippen molar-refractivity contribution in [1.29, 1.82) is 0 Å². The Morgan fingerprint density at radius 1 is 0.861 bits per heavy atom. The van der Waals surface area contributed by atoms with Crippen molar-refractivity contribution in [2.45, 2.75) is 6.18 Å². The zero-order chi connectivity index (χ0) is 25.4. The van der Waals surface area contributed by atoms with Gasteiger partial charge in [-0.2, -0.15) is 13.2 Å². The molecule has 1 aliphatic rings. The average Bonchev–Trinajstić information content (AvgIpc) is 2.87. The number of anilines is 1. The third-order valence-electron chi connectivity index (χ3n) is 6.08. The van der Waals surface area contributed by atoms with Gasteiger partial charge in [-0.1, -0.05) is 35.3 Å². The zero-order valence-corrected chi connectivity index (χ0v) is 20.3. The van der Waals surface area contributed by atoms with Gasteiger partial charge in [-0.3, -0.25) is 4.79 Å². The van der Waals surface area contributed by atoms with Gasteiger partial charge in [-0.25, -0.2) is 9.97 Å². The van der Waals surface area contributed by atoms with E-state index in [1.54, 1.807) is 23.1 Å². The lowest BCUT2D eigenvalue weighted by Gasteiger charge is -2.36. The molecule has 5 nitrogen and oxygen atoms in total. The molecule has 5 rings (SSSR count). The number of benzene rings is 3. The first-order chi connectivity index (χ1) is 17.2. The Morgan fingerprint density at radius 2 is 1.56 bits per heavy atom. The van der Waals surface area contributed by atoms with Crippen LogP contribution >= 0.6 is 23.2 Å². The minimum absolute atomic E-state index is 0.222. The van der Waals surface area contributed by atoms with E-state index < -0.39 is 11.7 Å². The topological polar surface area (TPSA) is 49.3 Å². The van der Waals surface area contributed by atoms with Crippen LogP contribution in [0.15, 0.2) is 66.7 Å². The molecule has 0 aliphatic carbocycles. The van der Waals surface area contributed by atoms with Crippen molar-refractivity contribution in [3.63, 3.8) is 0 Å². The molecule has 1 aromatic heterocycles. The third-order valence-corrected chi connectivity index (χ3v) is 6.64. The summed E-state index contributed by atoms with van der Waals surface area (Å²) < 4.78 is 38.5. The fourth-order valence-corrected chi connectivity index (χ4v) is 4.58. The fourth-order valence-electron chi connectivity index (χ4n) is 4.20. The van der Waals surface area contributed by atoms with E-state index in [2.05, 4.69) is 9.88 Å². The van der Waals surface area contributed by atoms with Gasteiger partial charge in [-0.05, 0) is 54.6 Å². The van der Waals surface area contributed by atoms with Gasteiger partial charge in [0.25, 0.3) is 5.91 Å². The van der Waals surface area contributed by atoms with Crippen molar-refractivity contribution in [2.75, 3.05) is 31.1 Å². The summed E-state index contributed by atoms with van der Waals surface area (Å²) in [6.07, 6.45) is -4.44. The largest absolute Gasteiger partial charge is 0.416 e. The maximum Gasteiger partial charge on any atom is 0.416 e. The van der Waals surface area contributed by atoms with Gasteiger partial charge in [-0.15, -0.1) is 0 Å². The highest BCUT2D eigenvalue weighted by atomic mass is 35.5. The highest BCUT2D eigenvalue weighted by Crippen LogP contribution is 2.33. The molecule has 1 aliphatic heterocycles. The maximum absolute atomic E-state index is 12.9. The van der Waals surface area contributed by atoms with Crippen LogP contribution in [0.1, 0.15) is 15.9 Å². The maximum atomic E-state index is 12.9. The summed E-state index contributed by atoms with van der Waals surface area (Å²) in [4.78, 5) is 26.1. The van der Waals surface area contributed by atoms with Crippen LogP contribution in [0.5, 0.6) is 0 Å². The minimum Gasteiger partial charge on any atom is -0.352 e. The molecular weight excluding hydrogens is 512 g/mol. The summed E-state index contributed by atoms with van der Waals surface area (Å²) in [6, 6.07) is 17.0. The number of aromatic nitrogens is 2. The van der Waals surface area contributed by atoms with Gasteiger partial charge in [0.15, 0.2) is 5.82 Å². The van der Waals surface area contributed by atoms with Gasteiger partial charge < -0.3 is 9.80 Å². The van der Waals surface area contributed by atoms with Crippen LogP contribution in [0.2, 0.25) is 10.0 Å². The van der Waals surface area contributed by atoms with Gasteiger partial charge in [0, 0.05) is 47.7 Å². The number of hydrogen-bond donors (Lipinski definition) is 0. The lowest BCUT2D eigenvalue weighted by molar-refractivity contribution is -0.137. The van der Waals surface area contributed by atoms with Crippen molar-refractivity contribution in [3.8, 4) is 11.4 Å². The van der Waals surface area contributed by atoms with Crippen LogP contribution in [-0.4, -0.2) is 47.0 Å². The van der Waals surface area contributed by atoms with Crippen molar-refractivity contribution < 1.29 is 18.0 Å². The molecule has 2 heterocycles. The van der Waals surface area contributed by atoms with Crippen molar-refractivity contribution in [1.82, 2.24) is 14.9 Å². The quantitative estimate of drug-likeness (QED) is 0.300. The number of fused-ring (bicyclic) bond motifs is 1. The Bertz CT molecular complexity index is 1440. The first-order valence-corrected chi connectivity index (χ1v) is 11.9. The highest BCUT2D eigenvalue weighted by molar-refractivity contribution is 6.33. The van der Waals surface area contributed by atoms with Crippen LogP contribution in [0.3, 0.4) is 0 Å². The number of alkyl halides is 3. The molecule has 0 spiro atoms. The predicted octanol–water partition coefficient (Wildman–Crippen LogP) is 6.58. The van der Waals surface area contributed by atoms with Crippen molar-refractivity contribution in [2.24, 2.45) is 0 Å². The van der Waals surface area contributed by atoms with Gasteiger partial charge in [0.05, 0.1) is 16.1 Å². The number of nitrogens with zero attached hydrogens (tertiary/aromatic N) is 4. The molecule has 3 aromatic carbocycles. The molecule has 1 saturated heterocycles. The second-order valence-electron chi connectivity index (χ2n) is 8.37. The number of rotatable bonds is 3. The lowest BCUT2D eigenvalue weighted by atomic mass is 10.1. The lowest BCUT2D eigenvalue weighted by Crippen LogP contribution is -2.49. The standard InChI is InChI=1S/C26H19Cl2F3N4O/c27-18-9-10-20-22(15-18)32-23(19-3-1-2-4-21(19)28)33-24(20)34-11-13-35(14-12-34)25(36)16-5-7-17(8-6-16)26(29,30)31/h1-10,15H,11-14H2. The second kappa shape index (κ2) is 9.59. The van der Waals surface area contributed by atoms with E-state index in [1.807, 2.05) is 24.3 Å². The Morgan fingerprint density at radius 3 is 2.22 bits per heavy atom. The Kier molecular flexibility index (Phi) is 6.49. The molecule has 0 saturated carbocycles. The molecular formula is C26H19Cl2F3N4O. The molecule has 36 heavy (non-hydrogen) atoms. The number of carbonyl (C=O) groups excluding carboxylic acids is 1. The molecule has 0 unspecified atom stereocenters. The molecule has 184 valence electrons. The Balaban J connectivity index is 1.40. The number of piperazine rings is 1. The van der Waals surface area contributed by atoms with E-state index in [9.17, 15) is 18.0 Å². The van der Waals surface area contributed by atoms with Gasteiger partial charge >= 0.3 is 6.18 Å². The van der Waals surface area contributed by atoms with Crippen molar-refractivity contribution >= 4 is 45.8 Å². The van der Waals surface area contributed by atoms with E-state index >= 15 is 0 Å². The van der Waals surface area contributed by atoms with Crippen LogP contribution in [-0.2, 0) is 6.18 Å². The van der Waals surface area contributed by atoms with E-state index in [1.165, 1.54) is 12.1 Å². The highest BCUT2D eigenvalue weighted by Gasteiger charge is 2.31. The fraction of sp³-hybridized carbons (Fsp3) is 0.192. The molecule has 4 aromatic rings. The molecule has 1 fully saturated rings. The Hall–Kier alpha value is -3.36. The third kappa shape index (κ3) is 4.83. The molecule has 0 N–H and O–H groups in total. The summed E-state index contributed by atoms with van der Waals surface area (Å²) in [5.74, 6) is 0.862. The van der Waals surface area contributed by atoms with E-state index in [4.69, 9.17) is 28.2 Å². The SMILES string of the molecule is O=C(c1ccc(C(F)(F)F)cc1)N1CCN(c2nc(-c3ccccc3Cl)nc3cc(Cl)ccc23)CC1. The van der Waals surface area contributed by atoms with Gasteiger partial charge in [0.2, 0.25) is 0 Å². The van der Waals surface area contributed by atoms with E-state index in [0.29, 0.717) is 58.9 Å². The minimum atomic E-state index is -4.44. The molecule has 0 atom stereocenters. The summed E-state index contributed by atoms with van der Waals surface area (Å²) in [5, 5.41) is 1.89. The molecule has 10 heteroatoms. The molecule has 1 amide bonds. The van der Waals surface area contributed by atoms with E-state index in [-0.39, 0.29) is 11.5 Å².